The Kier molecular flexibility index (Phi) is 9.25. The molecule has 0 saturated heterocycles. The largest absolute Gasteiger partial charge is 0.490 e. The lowest BCUT2D eigenvalue weighted by Gasteiger charge is -2.23. The normalized spacial score (nSPS) is 14.2. The lowest BCUT2D eigenvalue weighted by molar-refractivity contribution is -0.117. The van der Waals surface area contributed by atoms with Crippen LogP contribution in [0.1, 0.15) is 58.2 Å². The molecular formula is C28H37NO5. The summed E-state index contributed by atoms with van der Waals surface area (Å²) in [5.74, 6) is 3.33. The standard InChI is InChI=1S/C28H37NO5/c1-6-31-25-16-21(8-11-24(25)34-18-19(2)3)9-13-27(30)29-28(20(4)5)22-10-12-23-26(17-22)33-15-7-14-32-23/h8-13,16-17,19-20,28H,6-7,14-15,18H2,1-5H3,(H,29,30)/b13-9+/t28-/m0/s1. The average molecular weight is 468 g/mol. The molecule has 34 heavy (non-hydrogen) atoms. The predicted molar refractivity (Wildman–Crippen MR) is 135 cm³/mol. The van der Waals surface area contributed by atoms with Crippen LogP contribution in [0.4, 0.5) is 0 Å². The molecule has 1 heterocycles. The highest BCUT2D eigenvalue weighted by Crippen LogP contribution is 2.34. The van der Waals surface area contributed by atoms with Crippen LogP contribution in [-0.4, -0.2) is 32.3 Å². The lowest BCUT2D eigenvalue weighted by Crippen LogP contribution is -2.30. The van der Waals surface area contributed by atoms with Crippen LogP contribution in [0.25, 0.3) is 6.08 Å². The third-order valence-electron chi connectivity index (χ3n) is 5.36. The highest BCUT2D eigenvalue weighted by Gasteiger charge is 2.20. The summed E-state index contributed by atoms with van der Waals surface area (Å²) in [5.41, 5.74) is 1.86. The molecule has 6 heteroatoms. The van der Waals surface area contributed by atoms with E-state index in [-0.39, 0.29) is 17.9 Å². The molecule has 0 saturated carbocycles. The monoisotopic (exact) mass is 467 g/mol. The zero-order valence-electron chi connectivity index (χ0n) is 20.9. The van der Waals surface area contributed by atoms with Crippen LogP contribution in [0.15, 0.2) is 42.5 Å². The Hall–Kier alpha value is -3.15. The minimum absolute atomic E-state index is 0.153. The molecule has 2 aromatic rings. The van der Waals surface area contributed by atoms with Gasteiger partial charge in [0, 0.05) is 12.5 Å². The lowest BCUT2D eigenvalue weighted by atomic mass is 9.95. The Labute approximate surface area is 203 Å². The molecule has 1 N–H and O–H groups in total. The molecule has 0 radical (unpaired) electrons. The van der Waals surface area contributed by atoms with Gasteiger partial charge in [-0.3, -0.25) is 4.79 Å². The van der Waals surface area contributed by atoms with Crippen molar-refractivity contribution in [3.63, 3.8) is 0 Å². The molecule has 1 aliphatic rings. The number of carbonyl (C=O) groups is 1. The molecule has 6 nitrogen and oxygen atoms in total. The maximum absolute atomic E-state index is 12.8. The van der Waals surface area contributed by atoms with Gasteiger partial charge in [-0.15, -0.1) is 0 Å². The van der Waals surface area contributed by atoms with Crippen molar-refractivity contribution in [3.05, 3.63) is 53.6 Å². The van der Waals surface area contributed by atoms with Gasteiger partial charge in [0.1, 0.15) is 0 Å². The number of carbonyl (C=O) groups excluding carboxylic acids is 1. The number of hydrogen-bond acceptors (Lipinski definition) is 5. The van der Waals surface area contributed by atoms with Crippen molar-refractivity contribution in [2.24, 2.45) is 11.8 Å². The number of nitrogens with one attached hydrogen (secondary N) is 1. The average Bonchev–Trinajstić information content (AvgIpc) is 3.05. The van der Waals surface area contributed by atoms with E-state index in [2.05, 4.69) is 33.0 Å². The van der Waals surface area contributed by atoms with E-state index >= 15 is 0 Å². The molecule has 0 spiro atoms. The second-order valence-corrected chi connectivity index (χ2v) is 9.16. The fourth-order valence-electron chi connectivity index (χ4n) is 3.65. The van der Waals surface area contributed by atoms with Crippen LogP contribution in [0.3, 0.4) is 0 Å². The first-order valence-electron chi connectivity index (χ1n) is 12.1. The molecule has 0 aliphatic carbocycles. The first-order chi connectivity index (χ1) is 16.4. The zero-order valence-corrected chi connectivity index (χ0v) is 20.9. The smallest absolute Gasteiger partial charge is 0.244 e. The van der Waals surface area contributed by atoms with Crippen LogP contribution < -0.4 is 24.3 Å². The summed E-state index contributed by atoms with van der Waals surface area (Å²) in [6.45, 7) is 12.8. The van der Waals surface area contributed by atoms with Gasteiger partial charge in [0.2, 0.25) is 5.91 Å². The van der Waals surface area contributed by atoms with Crippen molar-refractivity contribution in [3.8, 4) is 23.0 Å². The van der Waals surface area contributed by atoms with Crippen molar-refractivity contribution in [2.45, 2.75) is 47.1 Å². The Bertz CT molecular complexity index is 983. The van der Waals surface area contributed by atoms with Gasteiger partial charge in [0.25, 0.3) is 0 Å². The summed E-state index contributed by atoms with van der Waals surface area (Å²) >= 11 is 0. The molecule has 3 rings (SSSR count). The van der Waals surface area contributed by atoms with Gasteiger partial charge in [0.15, 0.2) is 23.0 Å². The molecule has 1 aliphatic heterocycles. The van der Waals surface area contributed by atoms with Gasteiger partial charge in [-0.25, -0.2) is 0 Å². The number of fused-ring (bicyclic) bond motifs is 1. The van der Waals surface area contributed by atoms with Gasteiger partial charge < -0.3 is 24.3 Å². The highest BCUT2D eigenvalue weighted by atomic mass is 16.5. The molecule has 2 aromatic carbocycles. The molecule has 0 bridgehead atoms. The molecule has 0 unspecified atom stereocenters. The predicted octanol–water partition coefficient (Wildman–Crippen LogP) is 5.81. The van der Waals surface area contributed by atoms with Crippen LogP contribution >= 0.6 is 0 Å². The van der Waals surface area contributed by atoms with Crippen LogP contribution in [0.5, 0.6) is 23.0 Å². The molecular weight excluding hydrogens is 430 g/mol. The fourth-order valence-corrected chi connectivity index (χ4v) is 3.65. The zero-order chi connectivity index (χ0) is 24.5. The van der Waals surface area contributed by atoms with Gasteiger partial charge >= 0.3 is 0 Å². The van der Waals surface area contributed by atoms with Crippen molar-refractivity contribution in [1.82, 2.24) is 5.32 Å². The highest BCUT2D eigenvalue weighted by molar-refractivity contribution is 5.92. The summed E-state index contributed by atoms with van der Waals surface area (Å²) in [6, 6.07) is 11.4. The minimum Gasteiger partial charge on any atom is -0.490 e. The van der Waals surface area contributed by atoms with E-state index in [1.54, 1.807) is 12.2 Å². The number of ether oxygens (including phenoxy) is 4. The van der Waals surface area contributed by atoms with Gasteiger partial charge in [-0.2, -0.15) is 0 Å². The van der Waals surface area contributed by atoms with Crippen LogP contribution in [0, 0.1) is 11.8 Å². The summed E-state index contributed by atoms with van der Waals surface area (Å²) < 4.78 is 23.2. The Balaban J connectivity index is 1.71. The Morgan fingerprint density at radius 1 is 1.00 bits per heavy atom. The first-order valence-corrected chi connectivity index (χ1v) is 12.1. The van der Waals surface area contributed by atoms with Crippen LogP contribution in [0.2, 0.25) is 0 Å². The van der Waals surface area contributed by atoms with E-state index in [4.69, 9.17) is 18.9 Å². The summed E-state index contributed by atoms with van der Waals surface area (Å²) in [6.07, 6.45) is 4.20. The van der Waals surface area contributed by atoms with Gasteiger partial charge in [-0.1, -0.05) is 39.8 Å². The SMILES string of the molecule is CCOc1cc(/C=C/C(=O)N[C@H](c2ccc3c(c2)OCCCO3)C(C)C)ccc1OCC(C)C. The third kappa shape index (κ3) is 7.17. The van der Waals surface area contributed by atoms with E-state index in [9.17, 15) is 4.79 Å². The van der Waals surface area contributed by atoms with Gasteiger partial charge in [0.05, 0.1) is 32.5 Å². The molecule has 0 fully saturated rings. The van der Waals surface area contributed by atoms with Crippen molar-refractivity contribution >= 4 is 12.0 Å². The first kappa shape index (κ1) is 25.5. The molecule has 1 amide bonds. The number of amides is 1. The van der Waals surface area contributed by atoms with E-state index in [1.807, 2.05) is 43.3 Å². The maximum atomic E-state index is 12.8. The summed E-state index contributed by atoms with van der Waals surface area (Å²) in [5, 5.41) is 3.13. The molecule has 1 atom stereocenters. The fraction of sp³-hybridized carbons (Fsp3) is 0.464. The Morgan fingerprint density at radius 2 is 1.76 bits per heavy atom. The minimum atomic E-state index is -0.163. The quantitative estimate of drug-likeness (QED) is 0.447. The number of benzene rings is 2. The maximum Gasteiger partial charge on any atom is 0.244 e. The number of rotatable bonds is 10. The van der Waals surface area contributed by atoms with Crippen molar-refractivity contribution in [1.29, 1.82) is 0 Å². The molecule has 0 aromatic heterocycles. The summed E-state index contributed by atoms with van der Waals surface area (Å²) in [7, 11) is 0. The van der Waals surface area contributed by atoms with E-state index in [0.717, 1.165) is 29.0 Å². The second kappa shape index (κ2) is 12.4. The topological polar surface area (TPSA) is 66.0 Å². The third-order valence-corrected chi connectivity index (χ3v) is 5.36. The van der Waals surface area contributed by atoms with Gasteiger partial charge in [-0.05, 0) is 60.2 Å². The number of hydrogen-bond donors (Lipinski definition) is 1. The molecule has 184 valence electrons. The van der Waals surface area contributed by atoms with Crippen LogP contribution in [-0.2, 0) is 4.79 Å². The van der Waals surface area contributed by atoms with E-state index in [0.29, 0.717) is 43.8 Å². The summed E-state index contributed by atoms with van der Waals surface area (Å²) in [4.78, 5) is 12.8. The van der Waals surface area contributed by atoms with Crippen molar-refractivity contribution in [2.75, 3.05) is 26.4 Å². The second-order valence-electron chi connectivity index (χ2n) is 9.16. The van der Waals surface area contributed by atoms with E-state index in [1.165, 1.54) is 0 Å². The van der Waals surface area contributed by atoms with Crippen molar-refractivity contribution < 1.29 is 23.7 Å². The Morgan fingerprint density at radius 3 is 2.47 bits per heavy atom. The van der Waals surface area contributed by atoms with E-state index < -0.39 is 0 Å².